The third-order valence-electron chi connectivity index (χ3n) is 6.38. The van der Waals surface area contributed by atoms with Crippen LogP contribution in [0.2, 0.25) is 0 Å². The Balaban J connectivity index is 1.26. The van der Waals surface area contributed by atoms with E-state index in [0.29, 0.717) is 25.6 Å². The lowest BCUT2D eigenvalue weighted by atomic mass is 10.1. The van der Waals surface area contributed by atoms with Crippen LogP contribution >= 0.6 is 11.8 Å². The molecule has 4 aromatic rings. The second kappa shape index (κ2) is 10.2. The van der Waals surface area contributed by atoms with Crippen molar-refractivity contribution in [1.29, 1.82) is 0 Å². The highest BCUT2D eigenvalue weighted by atomic mass is 32.2. The van der Waals surface area contributed by atoms with Gasteiger partial charge in [0.1, 0.15) is 5.75 Å². The van der Waals surface area contributed by atoms with Gasteiger partial charge in [-0.2, -0.15) is 0 Å². The van der Waals surface area contributed by atoms with E-state index < -0.39 is 0 Å². The average Bonchev–Trinajstić information content (AvgIpc) is 2.95. The number of rotatable bonds is 6. The quantitative estimate of drug-likeness (QED) is 0.322. The zero-order valence-electron chi connectivity index (χ0n) is 20.3. The number of nitrogens with one attached hydrogen (secondary N) is 2. The monoisotopic (exact) mass is 514 g/mol. The van der Waals surface area contributed by atoms with E-state index in [2.05, 4.69) is 26.3 Å². The molecule has 0 saturated carbocycles. The number of pyridine rings is 2. The molecule has 4 heterocycles. The van der Waals surface area contributed by atoms with Gasteiger partial charge in [-0.3, -0.25) is 4.79 Å². The molecular formula is C28H26N4O4S. The SMILES string of the molecule is COc1ncccc1CNc1ccc2c(c1)Sc1cccc(-c3cc(N4CCOCC4)cc(=O)[nH]3)c1O2. The third-order valence-corrected chi connectivity index (χ3v) is 7.46. The molecule has 1 fully saturated rings. The van der Waals surface area contributed by atoms with Crippen molar-refractivity contribution < 1.29 is 14.2 Å². The number of hydrogen-bond acceptors (Lipinski definition) is 8. The first-order valence-corrected chi connectivity index (χ1v) is 12.9. The van der Waals surface area contributed by atoms with Crippen LogP contribution in [0.3, 0.4) is 0 Å². The fraction of sp³-hybridized carbons (Fsp3) is 0.214. The lowest BCUT2D eigenvalue weighted by molar-refractivity contribution is 0.122. The number of hydrogen-bond donors (Lipinski definition) is 2. The minimum absolute atomic E-state index is 0.138. The number of aromatic nitrogens is 2. The highest BCUT2D eigenvalue weighted by Gasteiger charge is 2.23. The summed E-state index contributed by atoms with van der Waals surface area (Å²) in [5, 5.41) is 3.45. The maximum Gasteiger partial charge on any atom is 0.250 e. The normalized spacial score (nSPS) is 14.4. The van der Waals surface area contributed by atoms with Gasteiger partial charge in [-0.25, -0.2) is 4.98 Å². The Hall–Kier alpha value is -3.95. The summed E-state index contributed by atoms with van der Waals surface area (Å²) in [5.41, 5.74) is 4.30. The first-order chi connectivity index (χ1) is 18.2. The second-order valence-corrected chi connectivity index (χ2v) is 9.82. The number of ether oxygens (including phenoxy) is 3. The number of methoxy groups -OCH3 is 1. The van der Waals surface area contributed by atoms with Gasteiger partial charge in [0.2, 0.25) is 11.4 Å². The van der Waals surface area contributed by atoms with Gasteiger partial charge in [0.05, 0.1) is 35.8 Å². The lowest BCUT2D eigenvalue weighted by Gasteiger charge is -2.29. The largest absolute Gasteiger partial charge is 0.481 e. The van der Waals surface area contributed by atoms with Crippen LogP contribution in [-0.2, 0) is 11.3 Å². The van der Waals surface area contributed by atoms with Gasteiger partial charge < -0.3 is 29.4 Å². The standard InChI is InChI=1S/C28H26N4O4S/c1-34-28-18(4-3-9-29-28)17-30-19-7-8-23-25(14-19)37-24-6-2-5-21(27(24)36-23)22-15-20(16-26(33)31-22)32-10-12-35-13-11-32/h2-9,14-16,30H,10-13,17H2,1H3,(H,31,33). The molecule has 1 saturated heterocycles. The molecule has 2 N–H and O–H groups in total. The minimum atomic E-state index is -0.138. The Morgan fingerprint density at radius 1 is 1.08 bits per heavy atom. The summed E-state index contributed by atoms with van der Waals surface area (Å²) in [6.07, 6.45) is 1.72. The van der Waals surface area contributed by atoms with E-state index in [1.807, 2.05) is 48.5 Å². The van der Waals surface area contributed by atoms with E-state index in [4.69, 9.17) is 14.2 Å². The minimum Gasteiger partial charge on any atom is -0.481 e. The van der Waals surface area contributed by atoms with Gasteiger partial charge in [-0.1, -0.05) is 23.9 Å². The molecule has 0 radical (unpaired) electrons. The smallest absolute Gasteiger partial charge is 0.250 e. The predicted octanol–water partition coefficient (Wildman–Crippen LogP) is 5.15. The molecule has 0 spiro atoms. The van der Waals surface area contributed by atoms with Crippen LogP contribution in [0.15, 0.2) is 81.4 Å². The third kappa shape index (κ3) is 4.87. The Bertz CT molecular complexity index is 1500. The first kappa shape index (κ1) is 23.4. The van der Waals surface area contributed by atoms with Crippen molar-refractivity contribution in [3.63, 3.8) is 0 Å². The lowest BCUT2D eigenvalue weighted by Crippen LogP contribution is -2.36. The van der Waals surface area contributed by atoms with E-state index in [0.717, 1.165) is 62.6 Å². The first-order valence-electron chi connectivity index (χ1n) is 12.1. The number of nitrogens with zero attached hydrogens (tertiary/aromatic N) is 2. The van der Waals surface area contributed by atoms with Gasteiger partial charge in [0, 0.05) is 54.4 Å². The fourth-order valence-electron chi connectivity index (χ4n) is 4.54. The number of anilines is 2. The maximum absolute atomic E-state index is 12.6. The molecule has 2 aliphatic heterocycles. The Kier molecular flexibility index (Phi) is 6.46. The zero-order chi connectivity index (χ0) is 25.2. The molecule has 188 valence electrons. The van der Waals surface area contributed by atoms with Crippen molar-refractivity contribution in [3.05, 3.63) is 82.8 Å². The van der Waals surface area contributed by atoms with Gasteiger partial charge in [0.15, 0.2) is 5.75 Å². The summed E-state index contributed by atoms with van der Waals surface area (Å²) in [5.74, 6) is 2.14. The van der Waals surface area contributed by atoms with Crippen molar-refractivity contribution in [2.75, 3.05) is 43.6 Å². The Morgan fingerprint density at radius 3 is 2.84 bits per heavy atom. The Morgan fingerprint density at radius 2 is 1.97 bits per heavy atom. The molecule has 0 bridgehead atoms. The molecule has 6 rings (SSSR count). The number of aromatic amines is 1. The van der Waals surface area contributed by atoms with Crippen molar-refractivity contribution in [2.24, 2.45) is 0 Å². The van der Waals surface area contributed by atoms with Crippen LogP contribution in [-0.4, -0.2) is 43.4 Å². The van der Waals surface area contributed by atoms with Crippen LogP contribution in [0.25, 0.3) is 11.3 Å². The summed E-state index contributed by atoms with van der Waals surface area (Å²) in [6, 6.07) is 19.6. The number of H-pyrrole nitrogens is 1. The van der Waals surface area contributed by atoms with E-state index in [1.165, 1.54) is 0 Å². The summed E-state index contributed by atoms with van der Waals surface area (Å²) in [6.45, 7) is 3.44. The molecule has 37 heavy (non-hydrogen) atoms. The maximum atomic E-state index is 12.6. The molecule has 0 unspecified atom stereocenters. The van der Waals surface area contributed by atoms with Gasteiger partial charge in [-0.15, -0.1) is 0 Å². The number of benzene rings is 2. The predicted molar refractivity (Wildman–Crippen MR) is 144 cm³/mol. The van der Waals surface area contributed by atoms with E-state index in [9.17, 15) is 4.79 Å². The molecule has 0 atom stereocenters. The van der Waals surface area contributed by atoms with E-state index in [1.54, 1.807) is 31.1 Å². The van der Waals surface area contributed by atoms with Crippen LogP contribution in [0.5, 0.6) is 17.4 Å². The molecule has 8 nitrogen and oxygen atoms in total. The molecular weight excluding hydrogens is 488 g/mol. The van der Waals surface area contributed by atoms with Crippen molar-refractivity contribution in [1.82, 2.24) is 9.97 Å². The van der Waals surface area contributed by atoms with Crippen LogP contribution in [0, 0.1) is 0 Å². The van der Waals surface area contributed by atoms with Crippen LogP contribution in [0.1, 0.15) is 5.56 Å². The highest BCUT2D eigenvalue weighted by molar-refractivity contribution is 7.99. The fourth-order valence-corrected chi connectivity index (χ4v) is 5.57. The molecule has 9 heteroatoms. The zero-order valence-corrected chi connectivity index (χ0v) is 21.1. The Labute approximate surface area is 218 Å². The van der Waals surface area contributed by atoms with Gasteiger partial charge in [-0.05, 0) is 42.5 Å². The summed E-state index contributed by atoms with van der Waals surface area (Å²) < 4.78 is 17.2. The molecule has 2 aromatic heterocycles. The molecule has 0 aliphatic carbocycles. The van der Waals surface area contributed by atoms with Crippen LogP contribution in [0.4, 0.5) is 11.4 Å². The molecule has 0 amide bonds. The number of fused-ring (bicyclic) bond motifs is 2. The van der Waals surface area contributed by atoms with Gasteiger partial charge in [0.25, 0.3) is 0 Å². The van der Waals surface area contributed by atoms with Crippen molar-refractivity contribution >= 4 is 23.1 Å². The summed E-state index contributed by atoms with van der Waals surface area (Å²) >= 11 is 1.65. The number of morpholine rings is 1. The van der Waals surface area contributed by atoms with Crippen molar-refractivity contribution in [2.45, 2.75) is 16.3 Å². The molecule has 2 aliphatic rings. The van der Waals surface area contributed by atoms with E-state index in [-0.39, 0.29) is 5.56 Å². The highest BCUT2D eigenvalue weighted by Crippen LogP contribution is 2.51. The van der Waals surface area contributed by atoms with E-state index >= 15 is 0 Å². The summed E-state index contributed by atoms with van der Waals surface area (Å²) in [4.78, 5) is 24.0. The topological polar surface area (TPSA) is 88.7 Å². The number of para-hydroxylation sites is 1. The van der Waals surface area contributed by atoms with Crippen molar-refractivity contribution in [3.8, 4) is 28.6 Å². The summed E-state index contributed by atoms with van der Waals surface area (Å²) in [7, 11) is 1.62. The average molecular weight is 515 g/mol. The van der Waals surface area contributed by atoms with Crippen LogP contribution < -0.4 is 25.2 Å². The van der Waals surface area contributed by atoms with Gasteiger partial charge >= 0.3 is 0 Å². The molecule has 2 aromatic carbocycles. The second-order valence-electron chi connectivity index (χ2n) is 8.74.